The Hall–Kier alpha value is -1.47. The van der Waals surface area contributed by atoms with Crippen molar-refractivity contribution >= 4 is 23.2 Å². The summed E-state index contributed by atoms with van der Waals surface area (Å²) in [4.78, 5) is 25.8. The number of amides is 1. The van der Waals surface area contributed by atoms with Gasteiger partial charge in [-0.05, 0) is 6.92 Å². The average Bonchev–Trinajstić information content (AvgIpc) is 2.78. The van der Waals surface area contributed by atoms with Crippen LogP contribution in [0.25, 0.3) is 0 Å². The van der Waals surface area contributed by atoms with Crippen LogP contribution in [0.15, 0.2) is 5.38 Å². The van der Waals surface area contributed by atoms with Gasteiger partial charge in [-0.25, -0.2) is 9.78 Å². The molecule has 0 aliphatic heterocycles. The molecule has 1 aromatic rings. The third kappa shape index (κ3) is 5.24. The van der Waals surface area contributed by atoms with Crippen molar-refractivity contribution in [1.82, 2.24) is 10.3 Å². The number of nitrogens with one attached hydrogen (secondary N) is 1. The lowest BCUT2D eigenvalue weighted by atomic mass is 10.4. The van der Waals surface area contributed by atoms with Crippen LogP contribution >= 0.6 is 11.3 Å². The van der Waals surface area contributed by atoms with Crippen LogP contribution in [0, 0.1) is 0 Å². The third-order valence-electron chi connectivity index (χ3n) is 2.11. The van der Waals surface area contributed by atoms with Gasteiger partial charge in [-0.3, -0.25) is 4.79 Å². The van der Waals surface area contributed by atoms with Crippen molar-refractivity contribution in [2.75, 3.05) is 19.8 Å². The minimum absolute atomic E-state index is 0.0534. The second-order valence-electron chi connectivity index (χ2n) is 3.48. The van der Waals surface area contributed by atoms with E-state index in [1.54, 1.807) is 0 Å². The summed E-state index contributed by atoms with van der Waals surface area (Å²) in [6.07, 6.45) is 0.879. The standard InChI is InChI=1S/C11H16N2O4S/c1-2-17-6-4-9(14)12-5-3-10-13-8(7-18-10)11(15)16/h7H,2-6H2,1H3,(H,12,14)(H,15,16). The Kier molecular flexibility index (Phi) is 6.31. The molecule has 0 aliphatic rings. The van der Waals surface area contributed by atoms with Gasteiger partial charge in [0.2, 0.25) is 5.91 Å². The maximum atomic E-state index is 11.3. The maximum Gasteiger partial charge on any atom is 0.355 e. The normalized spacial score (nSPS) is 10.3. The Morgan fingerprint density at radius 2 is 2.33 bits per heavy atom. The molecular formula is C11H16N2O4S. The van der Waals surface area contributed by atoms with E-state index >= 15 is 0 Å². The van der Waals surface area contributed by atoms with Gasteiger partial charge in [-0.1, -0.05) is 0 Å². The number of aromatic carboxylic acids is 1. The molecule has 0 atom stereocenters. The number of carboxylic acid groups (broad SMARTS) is 1. The van der Waals surface area contributed by atoms with Gasteiger partial charge in [0, 0.05) is 31.4 Å². The first kappa shape index (κ1) is 14.6. The summed E-state index contributed by atoms with van der Waals surface area (Å²) in [6, 6.07) is 0. The summed E-state index contributed by atoms with van der Waals surface area (Å²) >= 11 is 1.28. The van der Waals surface area contributed by atoms with E-state index in [2.05, 4.69) is 10.3 Å². The van der Waals surface area contributed by atoms with Crippen LogP contribution in [-0.2, 0) is 16.0 Å². The van der Waals surface area contributed by atoms with Gasteiger partial charge in [-0.2, -0.15) is 0 Å². The number of thiazole rings is 1. The number of carbonyl (C=O) groups excluding carboxylic acids is 1. The highest BCUT2D eigenvalue weighted by atomic mass is 32.1. The maximum absolute atomic E-state index is 11.3. The zero-order valence-corrected chi connectivity index (χ0v) is 11.0. The van der Waals surface area contributed by atoms with Crippen molar-refractivity contribution in [2.24, 2.45) is 0 Å². The predicted molar refractivity (Wildman–Crippen MR) is 66.9 cm³/mol. The van der Waals surface area contributed by atoms with E-state index in [4.69, 9.17) is 9.84 Å². The molecule has 1 heterocycles. The number of hydrogen-bond acceptors (Lipinski definition) is 5. The number of carbonyl (C=O) groups is 2. The van der Waals surface area contributed by atoms with Gasteiger partial charge < -0.3 is 15.2 Å². The van der Waals surface area contributed by atoms with Crippen LogP contribution in [0.4, 0.5) is 0 Å². The van der Waals surface area contributed by atoms with Crippen LogP contribution in [0.5, 0.6) is 0 Å². The van der Waals surface area contributed by atoms with E-state index in [0.717, 1.165) is 0 Å². The molecular weight excluding hydrogens is 256 g/mol. The summed E-state index contributed by atoms with van der Waals surface area (Å²) in [7, 11) is 0. The van der Waals surface area contributed by atoms with Crippen molar-refractivity contribution in [1.29, 1.82) is 0 Å². The Labute approximate surface area is 109 Å². The topological polar surface area (TPSA) is 88.5 Å². The highest BCUT2D eigenvalue weighted by molar-refractivity contribution is 7.09. The molecule has 0 spiro atoms. The summed E-state index contributed by atoms with van der Waals surface area (Å²) in [5, 5.41) is 13.6. The van der Waals surface area contributed by atoms with E-state index < -0.39 is 5.97 Å². The highest BCUT2D eigenvalue weighted by Gasteiger charge is 2.08. The number of hydrogen-bond donors (Lipinski definition) is 2. The van der Waals surface area contributed by atoms with Crippen LogP contribution in [-0.4, -0.2) is 41.7 Å². The van der Waals surface area contributed by atoms with Crippen molar-refractivity contribution in [3.63, 3.8) is 0 Å². The molecule has 7 heteroatoms. The Bertz CT molecular complexity index is 406. The van der Waals surface area contributed by atoms with E-state index in [-0.39, 0.29) is 11.6 Å². The number of carboxylic acids is 1. The lowest BCUT2D eigenvalue weighted by Crippen LogP contribution is -2.26. The van der Waals surface area contributed by atoms with Crippen molar-refractivity contribution in [3.05, 3.63) is 16.1 Å². The average molecular weight is 272 g/mol. The number of rotatable bonds is 8. The lowest BCUT2D eigenvalue weighted by Gasteiger charge is -2.03. The van der Waals surface area contributed by atoms with Gasteiger partial charge in [0.15, 0.2) is 5.69 Å². The summed E-state index contributed by atoms with van der Waals surface area (Å²) in [5.74, 6) is -1.10. The number of ether oxygens (including phenoxy) is 1. The van der Waals surface area contributed by atoms with Gasteiger partial charge in [0.1, 0.15) is 0 Å². The zero-order chi connectivity index (χ0) is 13.4. The summed E-state index contributed by atoms with van der Waals surface area (Å²) < 4.78 is 5.06. The van der Waals surface area contributed by atoms with Gasteiger partial charge in [0.25, 0.3) is 0 Å². The van der Waals surface area contributed by atoms with Crippen LogP contribution in [0.1, 0.15) is 28.8 Å². The first-order valence-corrected chi connectivity index (χ1v) is 6.53. The van der Waals surface area contributed by atoms with Gasteiger partial charge in [0.05, 0.1) is 11.6 Å². The van der Waals surface area contributed by atoms with Gasteiger partial charge >= 0.3 is 5.97 Å². The molecule has 2 N–H and O–H groups in total. The Morgan fingerprint density at radius 1 is 1.56 bits per heavy atom. The minimum Gasteiger partial charge on any atom is -0.476 e. The molecule has 0 saturated heterocycles. The number of aromatic nitrogens is 1. The van der Waals surface area contributed by atoms with Crippen LogP contribution < -0.4 is 5.32 Å². The molecule has 0 unspecified atom stereocenters. The SMILES string of the molecule is CCOCCC(=O)NCCc1nc(C(=O)O)cs1. The van der Waals surface area contributed by atoms with E-state index in [9.17, 15) is 9.59 Å². The van der Waals surface area contributed by atoms with Crippen molar-refractivity contribution in [2.45, 2.75) is 19.8 Å². The predicted octanol–water partition coefficient (Wildman–Crippen LogP) is 0.927. The minimum atomic E-state index is -1.03. The first-order chi connectivity index (χ1) is 8.63. The van der Waals surface area contributed by atoms with E-state index in [1.165, 1.54) is 16.7 Å². The zero-order valence-electron chi connectivity index (χ0n) is 10.1. The molecule has 1 rings (SSSR count). The van der Waals surface area contributed by atoms with Gasteiger partial charge in [-0.15, -0.1) is 11.3 Å². The lowest BCUT2D eigenvalue weighted by molar-refractivity contribution is -0.122. The van der Waals surface area contributed by atoms with Crippen molar-refractivity contribution in [3.8, 4) is 0 Å². The molecule has 6 nitrogen and oxygen atoms in total. The largest absolute Gasteiger partial charge is 0.476 e. The molecule has 1 amide bonds. The quantitative estimate of drug-likeness (QED) is 0.687. The molecule has 0 aliphatic carbocycles. The van der Waals surface area contributed by atoms with E-state index in [0.29, 0.717) is 37.6 Å². The molecule has 0 bridgehead atoms. The number of nitrogens with zero attached hydrogens (tertiary/aromatic N) is 1. The second kappa shape index (κ2) is 7.78. The monoisotopic (exact) mass is 272 g/mol. The fourth-order valence-corrected chi connectivity index (χ4v) is 2.00. The third-order valence-corrected chi connectivity index (χ3v) is 3.02. The summed E-state index contributed by atoms with van der Waals surface area (Å²) in [6.45, 7) is 3.35. The van der Waals surface area contributed by atoms with Crippen molar-refractivity contribution < 1.29 is 19.4 Å². The summed E-state index contributed by atoms with van der Waals surface area (Å²) in [5.41, 5.74) is 0.0534. The molecule has 0 fully saturated rings. The molecule has 0 aromatic carbocycles. The molecule has 0 saturated carbocycles. The highest BCUT2D eigenvalue weighted by Crippen LogP contribution is 2.09. The fourth-order valence-electron chi connectivity index (χ4n) is 1.23. The molecule has 18 heavy (non-hydrogen) atoms. The first-order valence-electron chi connectivity index (χ1n) is 5.65. The Balaban J connectivity index is 2.20. The molecule has 0 radical (unpaired) electrons. The Morgan fingerprint density at radius 3 is 2.94 bits per heavy atom. The van der Waals surface area contributed by atoms with E-state index in [1.807, 2.05) is 6.92 Å². The smallest absolute Gasteiger partial charge is 0.355 e. The molecule has 100 valence electrons. The second-order valence-corrected chi connectivity index (χ2v) is 4.42. The fraction of sp³-hybridized carbons (Fsp3) is 0.545. The van der Waals surface area contributed by atoms with Crippen LogP contribution in [0.2, 0.25) is 0 Å². The van der Waals surface area contributed by atoms with Crippen LogP contribution in [0.3, 0.4) is 0 Å². The molecule has 1 aromatic heterocycles.